The molecule has 0 aromatic carbocycles. The molecule has 0 saturated carbocycles. The van der Waals surface area contributed by atoms with Gasteiger partial charge in [0.25, 0.3) is 0 Å². The third-order valence-electron chi connectivity index (χ3n) is 4.29. The maximum Gasteiger partial charge on any atom is 0.244 e. The summed E-state index contributed by atoms with van der Waals surface area (Å²) in [7, 11) is 0. The van der Waals surface area contributed by atoms with E-state index in [9.17, 15) is 4.79 Å². The molecule has 3 atom stereocenters. The molecule has 2 aromatic rings. The molecule has 25 heavy (non-hydrogen) atoms. The van der Waals surface area contributed by atoms with E-state index in [0.29, 0.717) is 13.1 Å². The molecule has 0 bridgehead atoms. The first-order valence-electron chi connectivity index (χ1n) is 8.63. The predicted octanol–water partition coefficient (Wildman–Crippen LogP) is 2.09. The average Bonchev–Trinajstić information content (AvgIpc) is 3.01. The third kappa shape index (κ3) is 4.57. The number of nitrogens with one attached hydrogen (secondary N) is 1. The fourth-order valence-electron chi connectivity index (χ4n) is 3.13. The molecule has 0 radical (unpaired) electrons. The molecule has 1 amide bonds. The lowest BCUT2D eigenvalue weighted by Crippen LogP contribution is -2.49. The van der Waals surface area contributed by atoms with Crippen LogP contribution in [0.4, 0.5) is 5.69 Å². The van der Waals surface area contributed by atoms with Crippen molar-refractivity contribution in [2.75, 3.05) is 18.4 Å². The summed E-state index contributed by atoms with van der Waals surface area (Å²) in [6.45, 7) is 7.57. The van der Waals surface area contributed by atoms with E-state index >= 15 is 0 Å². The standard InChI is InChI=1S/C18H25N5O2/c1-13-9-22(10-14(2)25-13)18(24)12-23-11-17(8-20-23)21-15(3)16-4-6-19-7-5-16/h4-8,11,13-15,21H,9-10,12H2,1-3H3/t13-,14+,15-/m1/s1. The number of morpholine rings is 1. The number of amides is 1. The number of carbonyl (C=O) groups excluding carboxylic acids is 1. The topological polar surface area (TPSA) is 72.3 Å². The molecule has 3 rings (SSSR count). The molecule has 0 spiro atoms. The summed E-state index contributed by atoms with van der Waals surface area (Å²) in [4.78, 5) is 18.4. The van der Waals surface area contributed by atoms with Crippen LogP contribution in [0.25, 0.3) is 0 Å². The number of ether oxygens (including phenoxy) is 1. The van der Waals surface area contributed by atoms with Crippen LogP contribution in [0.5, 0.6) is 0 Å². The van der Waals surface area contributed by atoms with Crippen molar-refractivity contribution in [3.05, 3.63) is 42.5 Å². The van der Waals surface area contributed by atoms with Gasteiger partial charge in [0.2, 0.25) is 5.91 Å². The number of anilines is 1. The van der Waals surface area contributed by atoms with Gasteiger partial charge in [0.1, 0.15) is 6.54 Å². The molecular weight excluding hydrogens is 318 g/mol. The van der Waals surface area contributed by atoms with Gasteiger partial charge in [-0.05, 0) is 38.5 Å². The zero-order valence-corrected chi connectivity index (χ0v) is 14.9. The quantitative estimate of drug-likeness (QED) is 0.900. The highest BCUT2D eigenvalue weighted by atomic mass is 16.5. The van der Waals surface area contributed by atoms with Crippen LogP contribution in [0, 0.1) is 0 Å². The van der Waals surface area contributed by atoms with Gasteiger partial charge in [-0.25, -0.2) is 0 Å². The minimum Gasteiger partial charge on any atom is -0.376 e. The summed E-state index contributed by atoms with van der Waals surface area (Å²) in [6.07, 6.45) is 7.31. The van der Waals surface area contributed by atoms with Gasteiger partial charge >= 0.3 is 0 Å². The molecule has 134 valence electrons. The van der Waals surface area contributed by atoms with Crippen molar-refractivity contribution in [3.8, 4) is 0 Å². The van der Waals surface area contributed by atoms with Gasteiger partial charge in [-0.15, -0.1) is 0 Å². The third-order valence-corrected chi connectivity index (χ3v) is 4.29. The highest BCUT2D eigenvalue weighted by Gasteiger charge is 2.26. The summed E-state index contributed by atoms with van der Waals surface area (Å²) in [5.74, 6) is 0.0684. The van der Waals surface area contributed by atoms with E-state index in [1.807, 2.05) is 37.1 Å². The Morgan fingerprint density at radius 3 is 2.68 bits per heavy atom. The van der Waals surface area contributed by atoms with Gasteiger partial charge in [-0.3, -0.25) is 14.5 Å². The lowest BCUT2D eigenvalue weighted by molar-refractivity contribution is -0.144. The Bertz CT molecular complexity index is 693. The Morgan fingerprint density at radius 2 is 2.00 bits per heavy atom. The molecule has 1 N–H and O–H groups in total. The molecule has 0 unspecified atom stereocenters. The van der Waals surface area contributed by atoms with Crippen LogP contribution in [-0.4, -0.2) is 50.9 Å². The molecule has 2 aromatic heterocycles. The second-order valence-corrected chi connectivity index (χ2v) is 6.63. The fraction of sp³-hybridized carbons (Fsp3) is 0.500. The molecular formula is C18H25N5O2. The monoisotopic (exact) mass is 343 g/mol. The first-order chi connectivity index (χ1) is 12.0. The van der Waals surface area contributed by atoms with Crippen molar-refractivity contribution < 1.29 is 9.53 Å². The zero-order valence-electron chi connectivity index (χ0n) is 14.9. The Balaban J connectivity index is 1.57. The van der Waals surface area contributed by atoms with E-state index in [2.05, 4.69) is 22.3 Å². The van der Waals surface area contributed by atoms with E-state index in [1.165, 1.54) is 0 Å². The maximum atomic E-state index is 12.5. The highest BCUT2D eigenvalue weighted by molar-refractivity contribution is 5.76. The number of hydrogen-bond donors (Lipinski definition) is 1. The largest absolute Gasteiger partial charge is 0.376 e. The van der Waals surface area contributed by atoms with Crippen LogP contribution >= 0.6 is 0 Å². The molecule has 1 fully saturated rings. The first-order valence-corrected chi connectivity index (χ1v) is 8.63. The second kappa shape index (κ2) is 7.65. The van der Waals surface area contributed by atoms with Crippen molar-refractivity contribution >= 4 is 11.6 Å². The minimum atomic E-state index is 0.0684. The molecule has 0 aliphatic carbocycles. The van der Waals surface area contributed by atoms with Gasteiger partial charge in [-0.2, -0.15) is 5.10 Å². The number of carbonyl (C=O) groups is 1. The summed E-state index contributed by atoms with van der Waals surface area (Å²) in [5.41, 5.74) is 2.04. The van der Waals surface area contributed by atoms with Crippen LogP contribution in [0.1, 0.15) is 32.4 Å². The first kappa shape index (κ1) is 17.4. The molecule has 3 heterocycles. The maximum absolute atomic E-state index is 12.5. The van der Waals surface area contributed by atoms with Crippen LogP contribution in [0.3, 0.4) is 0 Å². The van der Waals surface area contributed by atoms with Gasteiger partial charge < -0.3 is 15.0 Å². The normalized spacial score (nSPS) is 21.8. The number of hydrogen-bond acceptors (Lipinski definition) is 5. The number of aromatic nitrogens is 3. The van der Waals surface area contributed by atoms with Crippen molar-refractivity contribution in [3.63, 3.8) is 0 Å². The van der Waals surface area contributed by atoms with E-state index in [1.54, 1.807) is 23.3 Å². The second-order valence-electron chi connectivity index (χ2n) is 6.63. The van der Waals surface area contributed by atoms with Crippen molar-refractivity contribution in [1.29, 1.82) is 0 Å². The number of rotatable bonds is 5. The van der Waals surface area contributed by atoms with Gasteiger partial charge in [-0.1, -0.05) is 0 Å². The average molecular weight is 343 g/mol. The summed E-state index contributed by atoms with van der Waals surface area (Å²) < 4.78 is 7.35. The van der Waals surface area contributed by atoms with Crippen molar-refractivity contribution in [2.24, 2.45) is 0 Å². The number of pyridine rings is 1. The van der Waals surface area contributed by atoms with E-state index in [0.717, 1.165) is 11.3 Å². The van der Waals surface area contributed by atoms with Crippen LogP contribution in [0.2, 0.25) is 0 Å². The Morgan fingerprint density at radius 1 is 1.32 bits per heavy atom. The summed E-state index contributed by atoms with van der Waals surface area (Å²) in [5, 5.41) is 7.69. The molecule has 7 heteroatoms. The molecule has 1 aliphatic heterocycles. The highest BCUT2D eigenvalue weighted by Crippen LogP contribution is 2.18. The van der Waals surface area contributed by atoms with E-state index in [-0.39, 0.29) is 30.7 Å². The van der Waals surface area contributed by atoms with Crippen molar-refractivity contribution in [2.45, 2.75) is 45.6 Å². The van der Waals surface area contributed by atoms with Gasteiger partial charge in [0.15, 0.2) is 0 Å². The Labute approximate surface area is 148 Å². The minimum absolute atomic E-state index is 0.0684. The van der Waals surface area contributed by atoms with Crippen molar-refractivity contribution in [1.82, 2.24) is 19.7 Å². The zero-order chi connectivity index (χ0) is 17.8. The Kier molecular flexibility index (Phi) is 5.33. The van der Waals surface area contributed by atoms with Crippen LogP contribution < -0.4 is 5.32 Å². The smallest absolute Gasteiger partial charge is 0.244 e. The lowest BCUT2D eigenvalue weighted by atomic mass is 10.1. The summed E-state index contributed by atoms with van der Waals surface area (Å²) >= 11 is 0. The molecule has 1 aliphatic rings. The van der Waals surface area contributed by atoms with Crippen LogP contribution in [-0.2, 0) is 16.1 Å². The predicted molar refractivity (Wildman–Crippen MR) is 95.1 cm³/mol. The van der Waals surface area contributed by atoms with Gasteiger partial charge in [0, 0.05) is 37.7 Å². The summed E-state index contributed by atoms with van der Waals surface area (Å²) in [6, 6.07) is 4.09. The van der Waals surface area contributed by atoms with Crippen LogP contribution in [0.15, 0.2) is 36.9 Å². The molecule has 7 nitrogen and oxygen atoms in total. The van der Waals surface area contributed by atoms with E-state index in [4.69, 9.17) is 4.74 Å². The lowest BCUT2D eigenvalue weighted by Gasteiger charge is -2.35. The molecule has 1 saturated heterocycles. The number of nitrogens with zero attached hydrogens (tertiary/aromatic N) is 4. The fourth-order valence-corrected chi connectivity index (χ4v) is 3.13. The SMILES string of the molecule is C[C@@H]1CN(C(=O)Cn2cc(N[C@H](C)c3ccncc3)cn2)C[C@H](C)O1. The van der Waals surface area contributed by atoms with Gasteiger partial charge in [0.05, 0.1) is 24.1 Å². The Hall–Kier alpha value is -2.41. The van der Waals surface area contributed by atoms with E-state index < -0.39 is 0 Å².